The SMILES string of the molecule is C=C(C)[C@@H](C)C1CCCCC1. The van der Waals surface area contributed by atoms with Gasteiger partial charge in [-0.3, -0.25) is 0 Å². The first kappa shape index (κ1) is 8.83. The average molecular weight is 152 g/mol. The lowest BCUT2D eigenvalue weighted by molar-refractivity contribution is 0.291. The average Bonchev–Trinajstić information content (AvgIpc) is 2.05. The zero-order chi connectivity index (χ0) is 8.27. The predicted molar refractivity (Wildman–Crippen MR) is 50.6 cm³/mol. The van der Waals surface area contributed by atoms with Crippen LogP contribution in [-0.4, -0.2) is 0 Å². The summed E-state index contributed by atoms with van der Waals surface area (Å²) in [4.78, 5) is 0. The van der Waals surface area contributed by atoms with E-state index >= 15 is 0 Å². The molecule has 0 nitrogen and oxygen atoms in total. The van der Waals surface area contributed by atoms with Gasteiger partial charge >= 0.3 is 0 Å². The molecular weight excluding hydrogens is 132 g/mol. The molecule has 11 heavy (non-hydrogen) atoms. The molecule has 64 valence electrons. The quantitative estimate of drug-likeness (QED) is 0.528. The molecule has 0 aromatic rings. The summed E-state index contributed by atoms with van der Waals surface area (Å²) in [6.07, 6.45) is 7.23. The van der Waals surface area contributed by atoms with E-state index in [2.05, 4.69) is 20.4 Å². The number of hydrogen-bond donors (Lipinski definition) is 0. The molecule has 1 atom stereocenters. The van der Waals surface area contributed by atoms with Crippen LogP contribution in [0.4, 0.5) is 0 Å². The van der Waals surface area contributed by atoms with Gasteiger partial charge in [-0.05, 0) is 31.6 Å². The summed E-state index contributed by atoms with van der Waals surface area (Å²) >= 11 is 0. The zero-order valence-corrected chi connectivity index (χ0v) is 7.90. The Morgan fingerprint density at radius 2 is 1.82 bits per heavy atom. The third-order valence-electron chi connectivity index (χ3n) is 3.13. The summed E-state index contributed by atoms with van der Waals surface area (Å²) in [5.41, 5.74) is 1.37. The maximum Gasteiger partial charge on any atom is -0.0209 e. The van der Waals surface area contributed by atoms with E-state index in [0.717, 1.165) is 11.8 Å². The fourth-order valence-electron chi connectivity index (χ4n) is 2.04. The second-order valence-corrected chi connectivity index (χ2v) is 4.03. The van der Waals surface area contributed by atoms with Crippen molar-refractivity contribution in [2.75, 3.05) is 0 Å². The van der Waals surface area contributed by atoms with Gasteiger partial charge in [-0.25, -0.2) is 0 Å². The third-order valence-corrected chi connectivity index (χ3v) is 3.13. The largest absolute Gasteiger partial charge is 0.0999 e. The Kier molecular flexibility index (Phi) is 3.16. The van der Waals surface area contributed by atoms with Crippen LogP contribution in [0.15, 0.2) is 12.2 Å². The van der Waals surface area contributed by atoms with Gasteiger partial charge in [0, 0.05) is 0 Å². The molecule has 0 radical (unpaired) electrons. The van der Waals surface area contributed by atoms with Crippen molar-refractivity contribution in [2.24, 2.45) is 11.8 Å². The lowest BCUT2D eigenvalue weighted by Crippen LogP contribution is -2.15. The van der Waals surface area contributed by atoms with E-state index in [1.165, 1.54) is 37.7 Å². The molecule has 1 aliphatic rings. The highest BCUT2D eigenvalue weighted by atomic mass is 14.2. The van der Waals surface area contributed by atoms with E-state index in [1.807, 2.05) is 0 Å². The predicted octanol–water partition coefficient (Wildman–Crippen LogP) is 3.78. The van der Waals surface area contributed by atoms with Crippen molar-refractivity contribution in [2.45, 2.75) is 46.0 Å². The van der Waals surface area contributed by atoms with E-state index in [9.17, 15) is 0 Å². The van der Waals surface area contributed by atoms with Crippen LogP contribution in [0.1, 0.15) is 46.0 Å². The van der Waals surface area contributed by atoms with E-state index < -0.39 is 0 Å². The monoisotopic (exact) mass is 152 g/mol. The molecule has 0 N–H and O–H groups in total. The molecule has 0 amide bonds. The topological polar surface area (TPSA) is 0 Å². The molecule has 0 bridgehead atoms. The van der Waals surface area contributed by atoms with Crippen molar-refractivity contribution in [1.82, 2.24) is 0 Å². The van der Waals surface area contributed by atoms with Crippen LogP contribution >= 0.6 is 0 Å². The first-order valence-corrected chi connectivity index (χ1v) is 4.87. The Bertz CT molecular complexity index is 129. The summed E-state index contributed by atoms with van der Waals surface area (Å²) in [5.74, 6) is 1.71. The van der Waals surface area contributed by atoms with Crippen LogP contribution in [0.5, 0.6) is 0 Å². The van der Waals surface area contributed by atoms with Crippen molar-refractivity contribution in [3.63, 3.8) is 0 Å². The normalized spacial score (nSPS) is 23.1. The van der Waals surface area contributed by atoms with Crippen LogP contribution < -0.4 is 0 Å². The number of hydrogen-bond acceptors (Lipinski definition) is 0. The van der Waals surface area contributed by atoms with E-state index in [1.54, 1.807) is 0 Å². The first-order valence-electron chi connectivity index (χ1n) is 4.87. The van der Waals surface area contributed by atoms with Crippen LogP contribution in [0.25, 0.3) is 0 Å². The highest BCUT2D eigenvalue weighted by Gasteiger charge is 2.19. The molecule has 1 aliphatic carbocycles. The van der Waals surface area contributed by atoms with Gasteiger partial charge in [0.2, 0.25) is 0 Å². The molecule has 0 unspecified atom stereocenters. The third kappa shape index (κ3) is 2.36. The number of rotatable bonds is 2. The van der Waals surface area contributed by atoms with Gasteiger partial charge in [0.1, 0.15) is 0 Å². The molecule has 0 heteroatoms. The van der Waals surface area contributed by atoms with E-state index in [-0.39, 0.29) is 0 Å². The van der Waals surface area contributed by atoms with Crippen molar-refractivity contribution in [3.05, 3.63) is 12.2 Å². The van der Waals surface area contributed by atoms with E-state index in [4.69, 9.17) is 0 Å². The van der Waals surface area contributed by atoms with Crippen molar-refractivity contribution in [1.29, 1.82) is 0 Å². The molecule has 1 fully saturated rings. The lowest BCUT2D eigenvalue weighted by atomic mass is 9.78. The second-order valence-electron chi connectivity index (χ2n) is 4.03. The summed E-state index contributed by atoms with van der Waals surface area (Å²) < 4.78 is 0. The van der Waals surface area contributed by atoms with Gasteiger partial charge in [0.05, 0.1) is 0 Å². The van der Waals surface area contributed by atoms with Gasteiger partial charge in [0.15, 0.2) is 0 Å². The molecule has 0 spiro atoms. The Labute approximate surface area is 70.7 Å². The minimum absolute atomic E-state index is 0.760. The van der Waals surface area contributed by atoms with Crippen LogP contribution in [0.2, 0.25) is 0 Å². The molecule has 0 aromatic heterocycles. The molecule has 0 saturated heterocycles. The fourth-order valence-corrected chi connectivity index (χ4v) is 2.04. The Balaban J connectivity index is 2.38. The highest BCUT2D eigenvalue weighted by Crippen LogP contribution is 2.32. The fraction of sp³-hybridized carbons (Fsp3) is 0.818. The van der Waals surface area contributed by atoms with Crippen molar-refractivity contribution < 1.29 is 0 Å². The number of allylic oxidation sites excluding steroid dienone is 1. The van der Waals surface area contributed by atoms with Crippen molar-refractivity contribution in [3.8, 4) is 0 Å². The lowest BCUT2D eigenvalue weighted by Gasteiger charge is -2.27. The molecule has 0 heterocycles. The summed E-state index contributed by atoms with van der Waals surface area (Å²) in [6, 6.07) is 0. The Morgan fingerprint density at radius 1 is 1.27 bits per heavy atom. The zero-order valence-electron chi connectivity index (χ0n) is 7.90. The molecule has 1 rings (SSSR count). The second kappa shape index (κ2) is 3.94. The van der Waals surface area contributed by atoms with Crippen molar-refractivity contribution >= 4 is 0 Å². The van der Waals surface area contributed by atoms with Crippen LogP contribution in [0.3, 0.4) is 0 Å². The molecule has 1 saturated carbocycles. The first-order chi connectivity index (χ1) is 5.22. The van der Waals surface area contributed by atoms with Gasteiger partial charge in [-0.15, -0.1) is 0 Å². The maximum atomic E-state index is 4.03. The Hall–Kier alpha value is -0.260. The van der Waals surface area contributed by atoms with Gasteiger partial charge < -0.3 is 0 Å². The minimum atomic E-state index is 0.760. The smallest absolute Gasteiger partial charge is 0.0209 e. The molecule has 0 aromatic carbocycles. The Morgan fingerprint density at radius 3 is 2.27 bits per heavy atom. The summed E-state index contributed by atoms with van der Waals surface area (Å²) in [6.45, 7) is 8.53. The van der Waals surface area contributed by atoms with Crippen LogP contribution in [-0.2, 0) is 0 Å². The molecular formula is C11H20. The van der Waals surface area contributed by atoms with Gasteiger partial charge in [-0.1, -0.05) is 38.3 Å². The highest BCUT2D eigenvalue weighted by molar-refractivity contribution is 4.97. The summed E-state index contributed by atoms with van der Waals surface area (Å²) in [7, 11) is 0. The van der Waals surface area contributed by atoms with Gasteiger partial charge in [-0.2, -0.15) is 0 Å². The van der Waals surface area contributed by atoms with Crippen LogP contribution in [0, 0.1) is 11.8 Å². The van der Waals surface area contributed by atoms with E-state index in [0.29, 0.717) is 0 Å². The summed E-state index contributed by atoms with van der Waals surface area (Å²) in [5, 5.41) is 0. The minimum Gasteiger partial charge on any atom is -0.0999 e. The maximum absolute atomic E-state index is 4.03. The standard InChI is InChI=1S/C11H20/c1-9(2)10(3)11-7-5-4-6-8-11/h10-11H,1,4-8H2,2-3H3/t10-/m1/s1. The van der Waals surface area contributed by atoms with Gasteiger partial charge in [0.25, 0.3) is 0 Å². The molecule has 0 aliphatic heterocycles.